The van der Waals surface area contributed by atoms with Crippen LogP contribution in [0.5, 0.6) is 0 Å². The van der Waals surface area contributed by atoms with Gasteiger partial charge in [-0.2, -0.15) is 0 Å². The van der Waals surface area contributed by atoms with E-state index in [1.54, 1.807) is 0 Å². The molecule has 0 spiro atoms. The van der Waals surface area contributed by atoms with Crippen molar-refractivity contribution >= 4 is 17.8 Å². The highest BCUT2D eigenvalue weighted by atomic mass is 16.5. The van der Waals surface area contributed by atoms with E-state index in [0.29, 0.717) is 0 Å². The predicted molar refractivity (Wildman–Crippen MR) is 52.3 cm³/mol. The molecule has 7 nitrogen and oxygen atoms in total. The number of aliphatic hydroxyl groups is 1. The fraction of sp³-hybridized carbons (Fsp3) is 0.667. The molecule has 1 amide bonds. The summed E-state index contributed by atoms with van der Waals surface area (Å²) < 4.78 is 8.69. The number of amides is 1. The van der Waals surface area contributed by atoms with Crippen molar-refractivity contribution < 1.29 is 29.0 Å². The lowest BCUT2D eigenvalue weighted by Crippen LogP contribution is -2.44. The molecule has 0 unspecified atom stereocenters. The van der Waals surface area contributed by atoms with Crippen molar-refractivity contribution in [2.75, 3.05) is 20.8 Å². The number of nitrogens with one attached hydrogen (secondary N) is 1. The third-order valence-corrected chi connectivity index (χ3v) is 1.79. The quantitative estimate of drug-likeness (QED) is 0.546. The van der Waals surface area contributed by atoms with Gasteiger partial charge >= 0.3 is 11.9 Å². The molecule has 0 aliphatic carbocycles. The van der Waals surface area contributed by atoms with E-state index < -0.39 is 30.5 Å². The molecule has 0 bridgehead atoms. The lowest BCUT2D eigenvalue weighted by molar-refractivity contribution is -0.146. The fourth-order valence-corrected chi connectivity index (χ4v) is 0.906. The number of hydrogen-bond acceptors (Lipinski definition) is 6. The molecule has 1 atom stereocenters. The summed E-state index contributed by atoms with van der Waals surface area (Å²) >= 11 is 0. The Morgan fingerprint density at radius 2 is 1.81 bits per heavy atom. The lowest BCUT2D eigenvalue weighted by atomic mass is 10.2. The molecule has 0 aromatic carbocycles. The molecule has 0 aliphatic heterocycles. The average Bonchev–Trinajstić information content (AvgIpc) is 2.31. The standard InChI is InChI=1S/C9H15NO6/c1-15-8(13)4-3-7(12)10-6(5-11)9(14)16-2/h6,11H,3-5H2,1-2H3,(H,10,12)/t6-/m0/s1. The molecule has 0 rings (SSSR count). The van der Waals surface area contributed by atoms with E-state index in [1.165, 1.54) is 7.11 Å². The molecule has 0 saturated heterocycles. The average molecular weight is 233 g/mol. The Labute approximate surface area is 92.7 Å². The van der Waals surface area contributed by atoms with Crippen molar-refractivity contribution in [2.45, 2.75) is 18.9 Å². The topological polar surface area (TPSA) is 102 Å². The Balaban J connectivity index is 4.01. The number of methoxy groups -OCH3 is 2. The van der Waals surface area contributed by atoms with E-state index in [0.717, 1.165) is 7.11 Å². The van der Waals surface area contributed by atoms with Crippen LogP contribution in [0.25, 0.3) is 0 Å². The highest BCUT2D eigenvalue weighted by molar-refractivity contribution is 5.86. The molecule has 7 heteroatoms. The second-order valence-electron chi connectivity index (χ2n) is 2.90. The Bertz CT molecular complexity index is 265. The van der Waals surface area contributed by atoms with Gasteiger partial charge in [-0.05, 0) is 0 Å². The SMILES string of the molecule is COC(=O)CCC(=O)N[C@@H](CO)C(=O)OC. The molecule has 16 heavy (non-hydrogen) atoms. The van der Waals surface area contributed by atoms with Crippen LogP contribution >= 0.6 is 0 Å². The summed E-state index contributed by atoms with van der Waals surface area (Å²) in [5.74, 6) is -1.79. The predicted octanol–water partition coefficient (Wildman–Crippen LogP) is -1.41. The van der Waals surface area contributed by atoms with Crippen molar-refractivity contribution in [3.63, 3.8) is 0 Å². The summed E-state index contributed by atoms with van der Waals surface area (Å²) in [6, 6.07) is -1.10. The highest BCUT2D eigenvalue weighted by Crippen LogP contribution is 1.94. The van der Waals surface area contributed by atoms with Gasteiger partial charge in [0.25, 0.3) is 0 Å². The zero-order valence-corrected chi connectivity index (χ0v) is 9.19. The second kappa shape index (κ2) is 7.63. The first-order chi connectivity index (χ1) is 7.54. The maximum Gasteiger partial charge on any atom is 0.330 e. The number of ether oxygens (including phenoxy) is 2. The Morgan fingerprint density at radius 1 is 1.19 bits per heavy atom. The maximum absolute atomic E-state index is 11.2. The minimum absolute atomic E-state index is 0.0817. The molecule has 0 fully saturated rings. The van der Waals surface area contributed by atoms with E-state index in [4.69, 9.17) is 5.11 Å². The molecule has 0 radical (unpaired) electrons. The van der Waals surface area contributed by atoms with Crippen LogP contribution in [0, 0.1) is 0 Å². The Morgan fingerprint density at radius 3 is 2.25 bits per heavy atom. The first-order valence-corrected chi connectivity index (χ1v) is 4.60. The first kappa shape index (κ1) is 14.4. The highest BCUT2D eigenvalue weighted by Gasteiger charge is 2.20. The second-order valence-corrected chi connectivity index (χ2v) is 2.90. The van der Waals surface area contributed by atoms with E-state index in [1.807, 2.05) is 0 Å². The van der Waals surface area contributed by atoms with Gasteiger partial charge < -0.3 is 19.9 Å². The van der Waals surface area contributed by atoms with Crippen LogP contribution in [0.1, 0.15) is 12.8 Å². The van der Waals surface area contributed by atoms with Crippen LogP contribution in [-0.2, 0) is 23.9 Å². The van der Waals surface area contributed by atoms with E-state index >= 15 is 0 Å². The number of carbonyl (C=O) groups is 3. The zero-order valence-electron chi connectivity index (χ0n) is 9.19. The summed E-state index contributed by atoms with van der Waals surface area (Å²) in [5.41, 5.74) is 0. The lowest BCUT2D eigenvalue weighted by Gasteiger charge is -2.13. The third-order valence-electron chi connectivity index (χ3n) is 1.79. The number of aliphatic hydroxyl groups excluding tert-OH is 1. The summed E-state index contributed by atoms with van der Waals surface area (Å²) in [6.07, 6.45) is -0.193. The first-order valence-electron chi connectivity index (χ1n) is 4.60. The monoisotopic (exact) mass is 233 g/mol. The molecule has 0 aromatic heterocycles. The van der Waals surface area contributed by atoms with Gasteiger partial charge in [0.2, 0.25) is 5.91 Å². The molecule has 0 saturated carbocycles. The number of rotatable bonds is 6. The molecular formula is C9H15NO6. The van der Waals surface area contributed by atoms with Crippen molar-refractivity contribution in [1.29, 1.82) is 0 Å². The van der Waals surface area contributed by atoms with Crippen LogP contribution in [-0.4, -0.2) is 49.8 Å². The van der Waals surface area contributed by atoms with Gasteiger partial charge in [-0.25, -0.2) is 4.79 Å². The summed E-state index contributed by atoms with van der Waals surface area (Å²) in [4.78, 5) is 32.9. The van der Waals surface area contributed by atoms with Gasteiger partial charge in [-0.1, -0.05) is 0 Å². The van der Waals surface area contributed by atoms with Crippen LogP contribution in [0.2, 0.25) is 0 Å². The molecule has 2 N–H and O–H groups in total. The van der Waals surface area contributed by atoms with E-state index in [2.05, 4.69) is 14.8 Å². The number of carbonyl (C=O) groups excluding carboxylic acids is 3. The zero-order chi connectivity index (χ0) is 12.6. The number of esters is 2. The summed E-state index contributed by atoms with van der Waals surface area (Å²) in [6.45, 7) is -0.559. The third kappa shape index (κ3) is 5.30. The van der Waals surface area contributed by atoms with Gasteiger partial charge in [-0.3, -0.25) is 9.59 Å². The molecule has 0 aromatic rings. The van der Waals surface area contributed by atoms with E-state index in [-0.39, 0.29) is 12.8 Å². The van der Waals surface area contributed by atoms with Crippen molar-refractivity contribution in [1.82, 2.24) is 5.32 Å². The van der Waals surface area contributed by atoms with Crippen molar-refractivity contribution in [3.8, 4) is 0 Å². The molecule has 92 valence electrons. The minimum Gasteiger partial charge on any atom is -0.469 e. The Kier molecular flexibility index (Phi) is 6.86. The maximum atomic E-state index is 11.2. The van der Waals surface area contributed by atoms with Gasteiger partial charge in [0.05, 0.1) is 27.2 Å². The largest absolute Gasteiger partial charge is 0.469 e. The van der Waals surface area contributed by atoms with Gasteiger partial charge in [0, 0.05) is 6.42 Å². The van der Waals surface area contributed by atoms with Crippen molar-refractivity contribution in [3.05, 3.63) is 0 Å². The summed E-state index contributed by atoms with van der Waals surface area (Å²) in [7, 11) is 2.36. The van der Waals surface area contributed by atoms with Crippen LogP contribution in [0.15, 0.2) is 0 Å². The number of hydrogen-bond donors (Lipinski definition) is 2. The van der Waals surface area contributed by atoms with Gasteiger partial charge in [0.1, 0.15) is 0 Å². The van der Waals surface area contributed by atoms with Crippen molar-refractivity contribution in [2.24, 2.45) is 0 Å². The van der Waals surface area contributed by atoms with Gasteiger partial charge in [0.15, 0.2) is 6.04 Å². The fourth-order valence-electron chi connectivity index (χ4n) is 0.906. The van der Waals surface area contributed by atoms with Crippen LogP contribution in [0.4, 0.5) is 0 Å². The van der Waals surface area contributed by atoms with Gasteiger partial charge in [-0.15, -0.1) is 0 Å². The van der Waals surface area contributed by atoms with E-state index in [9.17, 15) is 14.4 Å². The molecule has 0 aliphatic rings. The smallest absolute Gasteiger partial charge is 0.330 e. The molecular weight excluding hydrogens is 218 g/mol. The normalized spacial score (nSPS) is 11.4. The minimum atomic E-state index is -1.10. The molecule has 0 heterocycles. The summed E-state index contributed by atoms with van der Waals surface area (Å²) in [5, 5.41) is 11.0. The van der Waals surface area contributed by atoms with Crippen LogP contribution in [0.3, 0.4) is 0 Å². The Hall–Kier alpha value is -1.63. The van der Waals surface area contributed by atoms with Crippen LogP contribution < -0.4 is 5.32 Å².